The molecular weight excluding hydrogens is 433 g/mol. The Kier molecular flexibility index (Phi) is 6.08. The van der Waals surface area contributed by atoms with Gasteiger partial charge in [-0.25, -0.2) is 24.1 Å². The quantitative estimate of drug-likeness (QED) is 0.485. The van der Waals surface area contributed by atoms with Crippen LogP contribution in [0.3, 0.4) is 0 Å². The molecule has 3 rings (SSSR count). The number of rotatable bonds is 7. The lowest BCUT2D eigenvalue weighted by Gasteiger charge is -2.24. The second kappa shape index (κ2) is 8.16. The molecular formula is C19H23BrFN3O2S. The third-order valence-corrected chi connectivity index (χ3v) is 6.04. The molecule has 0 bridgehead atoms. The van der Waals surface area contributed by atoms with Gasteiger partial charge in [-0.1, -0.05) is 6.07 Å². The predicted octanol–water partition coefficient (Wildman–Crippen LogP) is 4.68. The van der Waals surface area contributed by atoms with Gasteiger partial charge in [-0.2, -0.15) is 5.10 Å². The van der Waals surface area contributed by atoms with Gasteiger partial charge in [0.25, 0.3) is 0 Å². The second-order valence-electron chi connectivity index (χ2n) is 7.00. The van der Waals surface area contributed by atoms with E-state index >= 15 is 0 Å². The topological polar surface area (TPSA) is 49.2 Å². The van der Waals surface area contributed by atoms with Gasteiger partial charge in [0, 0.05) is 17.2 Å². The van der Waals surface area contributed by atoms with Gasteiger partial charge in [0.15, 0.2) is 5.82 Å². The number of ether oxygens (including phenoxy) is 2. The highest BCUT2D eigenvalue weighted by Gasteiger charge is 2.19. The van der Waals surface area contributed by atoms with Crippen molar-refractivity contribution in [3.63, 3.8) is 0 Å². The van der Waals surface area contributed by atoms with Gasteiger partial charge >= 0.3 is 0 Å². The number of hydrogen-bond acceptors (Lipinski definition) is 4. The summed E-state index contributed by atoms with van der Waals surface area (Å²) >= 11 is 3.26. The highest BCUT2D eigenvalue weighted by molar-refractivity contribution is 9.10. The standard InChI is InChI=1S/C19H23BrFN3O2S/c1-25-16-7-5-6-15(22-16)18-13-8-9-14(20)17(21)19(13)24(23-18)12-26-10-11-27(2,3)4/h5-9H,10-12H2,1-4H3. The van der Waals surface area contributed by atoms with Crippen molar-refractivity contribution in [2.45, 2.75) is 6.73 Å². The van der Waals surface area contributed by atoms with Gasteiger partial charge < -0.3 is 9.47 Å². The fourth-order valence-corrected chi connectivity index (χ4v) is 3.55. The molecule has 0 saturated carbocycles. The molecule has 5 nitrogen and oxygen atoms in total. The van der Waals surface area contributed by atoms with E-state index in [-0.39, 0.29) is 12.5 Å². The number of pyridine rings is 1. The fourth-order valence-electron chi connectivity index (χ4n) is 2.61. The van der Waals surface area contributed by atoms with E-state index in [0.29, 0.717) is 39.3 Å². The molecule has 2 aromatic heterocycles. The van der Waals surface area contributed by atoms with Crippen LogP contribution in [0, 0.1) is 5.82 Å². The summed E-state index contributed by atoms with van der Waals surface area (Å²) in [7, 11) is 0.919. The molecule has 0 aliphatic carbocycles. The highest BCUT2D eigenvalue weighted by Crippen LogP contribution is 2.34. The number of hydrogen-bond donors (Lipinski definition) is 0. The van der Waals surface area contributed by atoms with E-state index in [9.17, 15) is 4.39 Å². The number of methoxy groups -OCH3 is 1. The molecule has 1 aromatic carbocycles. The van der Waals surface area contributed by atoms with Crippen LogP contribution in [-0.4, -0.2) is 53.0 Å². The summed E-state index contributed by atoms with van der Waals surface area (Å²) in [5.41, 5.74) is 1.62. The first-order valence-corrected chi connectivity index (χ1v) is 12.2. The molecule has 27 heavy (non-hydrogen) atoms. The maximum Gasteiger partial charge on any atom is 0.213 e. The Labute approximate surface area is 168 Å². The van der Waals surface area contributed by atoms with Crippen molar-refractivity contribution in [1.82, 2.24) is 14.8 Å². The summed E-state index contributed by atoms with van der Waals surface area (Å²) in [6, 6.07) is 8.94. The molecule has 0 aliphatic heterocycles. The first kappa shape index (κ1) is 20.1. The average Bonchev–Trinajstić information content (AvgIpc) is 3.00. The van der Waals surface area contributed by atoms with Crippen LogP contribution >= 0.6 is 26.0 Å². The molecule has 0 unspecified atom stereocenters. The molecule has 0 spiro atoms. The van der Waals surface area contributed by atoms with Crippen molar-refractivity contribution in [3.05, 3.63) is 40.6 Å². The van der Waals surface area contributed by atoms with Gasteiger partial charge in [0.1, 0.15) is 17.9 Å². The fraction of sp³-hybridized carbons (Fsp3) is 0.368. The first-order chi connectivity index (χ1) is 12.8. The van der Waals surface area contributed by atoms with Crippen molar-refractivity contribution >= 4 is 36.9 Å². The van der Waals surface area contributed by atoms with E-state index in [0.717, 1.165) is 5.75 Å². The Balaban J connectivity index is 1.99. The number of benzene rings is 1. The van der Waals surface area contributed by atoms with Crippen LogP contribution in [0.25, 0.3) is 22.3 Å². The summed E-state index contributed by atoms with van der Waals surface area (Å²) in [5, 5.41) is 5.27. The normalized spacial score (nSPS) is 12.5. The molecule has 8 heteroatoms. The van der Waals surface area contributed by atoms with Gasteiger partial charge in [-0.15, -0.1) is 0 Å². The molecule has 0 saturated heterocycles. The molecule has 0 radical (unpaired) electrons. The first-order valence-electron chi connectivity index (χ1n) is 8.40. The lowest BCUT2D eigenvalue weighted by atomic mass is 10.1. The van der Waals surface area contributed by atoms with Crippen molar-refractivity contribution < 1.29 is 13.9 Å². The molecule has 146 valence electrons. The second-order valence-corrected chi connectivity index (χ2v) is 12.4. The monoisotopic (exact) mass is 455 g/mol. The summed E-state index contributed by atoms with van der Waals surface area (Å²) in [5.74, 6) is 1.11. The van der Waals surface area contributed by atoms with Crippen molar-refractivity contribution in [1.29, 1.82) is 0 Å². The van der Waals surface area contributed by atoms with E-state index in [2.05, 4.69) is 44.8 Å². The number of nitrogens with zero attached hydrogens (tertiary/aromatic N) is 3. The van der Waals surface area contributed by atoms with E-state index in [1.165, 1.54) is 0 Å². The summed E-state index contributed by atoms with van der Waals surface area (Å²) in [6.45, 7) is 0.798. The van der Waals surface area contributed by atoms with Gasteiger partial charge in [-0.3, -0.25) is 0 Å². The Hall–Kier alpha value is -1.64. The van der Waals surface area contributed by atoms with Gasteiger partial charge in [-0.05, 0) is 52.9 Å². The van der Waals surface area contributed by atoms with E-state index in [4.69, 9.17) is 9.47 Å². The van der Waals surface area contributed by atoms with Crippen molar-refractivity contribution in [2.75, 3.05) is 38.2 Å². The van der Waals surface area contributed by atoms with Gasteiger partial charge in [0.05, 0.1) is 23.9 Å². The highest BCUT2D eigenvalue weighted by atomic mass is 79.9. The van der Waals surface area contributed by atoms with Crippen LogP contribution < -0.4 is 4.74 Å². The SMILES string of the molecule is COc1cccc(-c2nn(COCCS(C)(C)C)c3c(F)c(Br)ccc23)n1. The summed E-state index contributed by atoms with van der Waals surface area (Å²) in [4.78, 5) is 4.44. The third-order valence-electron chi connectivity index (χ3n) is 4.03. The zero-order chi connectivity index (χ0) is 19.6. The average molecular weight is 456 g/mol. The van der Waals surface area contributed by atoms with Crippen LogP contribution in [-0.2, 0) is 11.5 Å². The molecule has 0 atom stereocenters. The number of fused-ring (bicyclic) bond motifs is 1. The minimum absolute atomic E-state index is 0.184. The molecule has 3 aromatic rings. The molecule has 0 amide bonds. The van der Waals surface area contributed by atoms with E-state index < -0.39 is 10.0 Å². The van der Waals surface area contributed by atoms with Crippen LogP contribution in [0.5, 0.6) is 5.88 Å². The molecule has 2 heterocycles. The minimum Gasteiger partial charge on any atom is -0.481 e. The maximum absolute atomic E-state index is 14.8. The lowest BCUT2D eigenvalue weighted by Crippen LogP contribution is -2.11. The molecule has 0 aliphatic rings. The zero-order valence-corrected chi connectivity index (χ0v) is 18.2. The Morgan fingerprint density at radius 3 is 2.67 bits per heavy atom. The smallest absolute Gasteiger partial charge is 0.213 e. The largest absolute Gasteiger partial charge is 0.481 e. The summed E-state index contributed by atoms with van der Waals surface area (Å²) < 4.78 is 27.8. The molecule has 0 fully saturated rings. The van der Waals surface area contributed by atoms with E-state index in [1.54, 1.807) is 23.9 Å². The van der Waals surface area contributed by atoms with Crippen LogP contribution in [0.15, 0.2) is 34.8 Å². The Bertz CT molecular complexity index is 956. The van der Waals surface area contributed by atoms with E-state index in [1.807, 2.05) is 18.2 Å². The number of halogens is 2. The summed E-state index contributed by atoms with van der Waals surface area (Å²) in [6.07, 6.45) is 6.72. The van der Waals surface area contributed by atoms with Crippen LogP contribution in [0.1, 0.15) is 0 Å². The van der Waals surface area contributed by atoms with Crippen LogP contribution in [0.4, 0.5) is 4.39 Å². The molecule has 0 N–H and O–H groups in total. The Morgan fingerprint density at radius 2 is 1.96 bits per heavy atom. The van der Waals surface area contributed by atoms with Crippen molar-refractivity contribution in [3.8, 4) is 17.3 Å². The van der Waals surface area contributed by atoms with Crippen molar-refractivity contribution in [2.24, 2.45) is 0 Å². The minimum atomic E-state index is -0.642. The third kappa shape index (κ3) is 4.62. The Morgan fingerprint density at radius 1 is 1.19 bits per heavy atom. The number of aromatic nitrogens is 3. The van der Waals surface area contributed by atoms with Gasteiger partial charge in [0.2, 0.25) is 5.88 Å². The lowest BCUT2D eigenvalue weighted by molar-refractivity contribution is 0.0838. The maximum atomic E-state index is 14.8. The zero-order valence-electron chi connectivity index (χ0n) is 15.8. The van der Waals surface area contributed by atoms with Crippen LogP contribution in [0.2, 0.25) is 0 Å². The predicted molar refractivity (Wildman–Crippen MR) is 113 cm³/mol.